The number of fused-ring (bicyclic) bond motifs is 1. The molecule has 0 bridgehead atoms. The van der Waals surface area contributed by atoms with Gasteiger partial charge < -0.3 is 20.6 Å². The molecule has 1 unspecified atom stereocenters. The second-order valence-corrected chi connectivity index (χ2v) is 7.48. The first-order chi connectivity index (χ1) is 14.1. The molecule has 150 valence electrons. The molecule has 1 aliphatic heterocycles. The average molecular weight is 390 g/mol. The van der Waals surface area contributed by atoms with Crippen LogP contribution in [0.25, 0.3) is 22.0 Å². The number of nitrogens with one attached hydrogen (secondary N) is 3. The molecule has 1 aromatic heterocycles. The number of hydrogen-bond acceptors (Lipinski definition) is 6. The van der Waals surface area contributed by atoms with Gasteiger partial charge in [0.25, 0.3) is 0 Å². The van der Waals surface area contributed by atoms with Crippen LogP contribution in [0, 0.1) is 11.3 Å². The number of hydrogen-bond donors (Lipinski definition) is 4. The molecule has 0 radical (unpaired) electrons. The molecule has 2 aromatic carbocycles. The highest BCUT2D eigenvalue weighted by atomic mass is 16.5. The second-order valence-electron chi connectivity index (χ2n) is 7.48. The highest BCUT2D eigenvalue weighted by Crippen LogP contribution is 2.34. The minimum atomic E-state index is -0.455. The molecule has 3 aromatic rings. The van der Waals surface area contributed by atoms with Gasteiger partial charge in [-0.1, -0.05) is 12.1 Å². The van der Waals surface area contributed by atoms with Crippen molar-refractivity contribution in [2.75, 3.05) is 18.9 Å². The van der Waals surface area contributed by atoms with Crippen LogP contribution in [0.4, 0.5) is 5.69 Å². The van der Waals surface area contributed by atoms with Crippen molar-refractivity contribution in [3.63, 3.8) is 0 Å². The van der Waals surface area contributed by atoms with E-state index in [-0.39, 0.29) is 12.0 Å². The van der Waals surface area contributed by atoms with E-state index in [2.05, 4.69) is 34.7 Å². The van der Waals surface area contributed by atoms with Gasteiger partial charge in [0.05, 0.1) is 5.52 Å². The van der Waals surface area contributed by atoms with E-state index in [1.54, 1.807) is 6.20 Å². The summed E-state index contributed by atoms with van der Waals surface area (Å²) in [6.45, 7) is 2.80. The lowest BCUT2D eigenvalue weighted by molar-refractivity contribution is 0.128. The lowest BCUT2D eigenvalue weighted by Gasteiger charge is -2.22. The van der Waals surface area contributed by atoms with Gasteiger partial charge in [0.15, 0.2) is 0 Å². The molecule has 0 saturated carbocycles. The Balaban J connectivity index is 1.74. The number of benzene rings is 2. The Morgan fingerprint density at radius 3 is 2.86 bits per heavy atom. The van der Waals surface area contributed by atoms with Crippen molar-refractivity contribution >= 4 is 22.8 Å². The van der Waals surface area contributed by atoms with Crippen molar-refractivity contribution < 1.29 is 9.84 Å². The van der Waals surface area contributed by atoms with Gasteiger partial charge in [0.1, 0.15) is 18.1 Å². The summed E-state index contributed by atoms with van der Waals surface area (Å²) in [5.74, 6) is 1.05. The van der Waals surface area contributed by atoms with Gasteiger partial charge in [-0.2, -0.15) is 0 Å². The zero-order chi connectivity index (χ0) is 20.4. The largest absolute Gasteiger partial charge is 0.490 e. The van der Waals surface area contributed by atoms with E-state index in [0.717, 1.165) is 45.6 Å². The molecule has 0 spiro atoms. The lowest BCUT2D eigenvalue weighted by atomic mass is 9.99. The van der Waals surface area contributed by atoms with Crippen molar-refractivity contribution in [2.24, 2.45) is 5.92 Å². The average Bonchev–Trinajstić information content (AvgIpc) is 3.19. The molecule has 2 heterocycles. The van der Waals surface area contributed by atoms with E-state index in [9.17, 15) is 5.11 Å². The van der Waals surface area contributed by atoms with Crippen molar-refractivity contribution in [1.82, 2.24) is 10.3 Å². The molecule has 4 rings (SSSR count). The zero-order valence-electron chi connectivity index (χ0n) is 16.6. The standard InChI is InChI=1S/C23H26N4O2/c1-14(18-11-23(28)27-13-18)29-22-10-17(9-21-19(22)4-3-7-26-21)15-5-6-16(12-24)20(8-15)25-2/h3-10,12,14,18,23-25,27-28H,11,13H2,1-2H3/t14-,18-,23?/m1/s1. The summed E-state index contributed by atoms with van der Waals surface area (Å²) in [4.78, 5) is 4.54. The summed E-state index contributed by atoms with van der Waals surface area (Å²) in [5.41, 5.74) is 4.66. The summed E-state index contributed by atoms with van der Waals surface area (Å²) in [7, 11) is 1.86. The number of aromatic nitrogens is 1. The quantitative estimate of drug-likeness (QED) is 0.483. The first-order valence-corrected chi connectivity index (χ1v) is 9.88. The maximum absolute atomic E-state index is 9.77. The predicted molar refractivity (Wildman–Crippen MR) is 117 cm³/mol. The maximum atomic E-state index is 9.77. The van der Waals surface area contributed by atoms with Crippen LogP contribution in [0.5, 0.6) is 5.75 Å². The van der Waals surface area contributed by atoms with Gasteiger partial charge >= 0.3 is 0 Å². The van der Waals surface area contributed by atoms with Crippen LogP contribution in [0.3, 0.4) is 0 Å². The minimum Gasteiger partial charge on any atom is -0.490 e. The highest BCUT2D eigenvalue weighted by Gasteiger charge is 2.28. The molecule has 1 saturated heterocycles. The topological polar surface area (TPSA) is 90.3 Å². The molecule has 29 heavy (non-hydrogen) atoms. The van der Waals surface area contributed by atoms with E-state index in [4.69, 9.17) is 10.1 Å². The van der Waals surface area contributed by atoms with Gasteiger partial charge in [0.2, 0.25) is 0 Å². The van der Waals surface area contributed by atoms with Crippen LogP contribution in [0.15, 0.2) is 48.7 Å². The monoisotopic (exact) mass is 390 g/mol. The van der Waals surface area contributed by atoms with Crippen LogP contribution in [-0.4, -0.2) is 42.2 Å². The lowest BCUT2D eigenvalue weighted by Crippen LogP contribution is -2.25. The fraction of sp³-hybridized carbons (Fsp3) is 0.304. The van der Waals surface area contributed by atoms with E-state index >= 15 is 0 Å². The van der Waals surface area contributed by atoms with E-state index in [1.165, 1.54) is 6.21 Å². The van der Waals surface area contributed by atoms with Gasteiger partial charge in [-0.05, 0) is 54.8 Å². The SMILES string of the molecule is CNc1cc(-c2cc(O[C@H](C)[C@H]3CNC(O)C3)c3cccnc3c2)ccc1C=N. The molecule has 6 heteroatoms. The molecule has 0 aliphatic carbocycles. The first-order valence-electron chi connectivity index (χ1n) is 9.88. The number of anilines is 1. The van der Waals surface area contributed by atoms with Crippen molar-refractivity contribution in [2.45, 2.75) is 25.7 Å². The molecule has 0 amide bonds. The summed E-state index contributed by atoms with van der Waals surface area (Å²) in [6.07, 6.45) is 3.33. The summed E-state index contributed by atoms with van der Waals surface area (Å²) < 4.78 is 6.38. The minimum absolute atomic E-state index is 0.0357. The molecular weight excluding hydrogens is 364 g/mol. The summed E-state index contributed by atoms with van der Waals surface area (Å²) >= 11 is 0. The summed E-state index contributed by atoms with van der Waals surface area (Å²) in [6, 6.07) is 14.0. The molecule has 1 aliphatic rings. The second kappa shape index (κ2) is 8.19. The van der Waals surface area contributed by atoms with Crippen molar-refractivity contribution in [3.05, 3.63) is 54.2 Å². The van der Waals surface area contributed by atoms with Crippen LogP contribution >= 0.6 is 0 Å². The Kier molecular flexibility index (Phi) is 5.47. The Morgan fingerprint density at radius 1 is 1.28 bits per heavy atom. The number of pyridine rings is 1. The third-order valence-electron chi connectivity index (χ3n) is 5.61. The number of ether oxygens (including phenoxy) is 1. The van der Waals surface area contributed by atoms with Gasteiger partial charge in [-0.3, -0.25) is 10.3 Å². The van der Waals surface area contributed by atoms with Gasteiger partial charge in [-0.25, -0.2) is 0 Å². The van der Waals surface area contributed by atoms with Gasteiger partial charge in [-0.15, -0.1) is 0 Å². The molecule has 6 nitrogen and oxygen atoms in total. The molecule has 3 atom stereocenters. The number of nitrogens with zero attached hydrogens (tertiary/aromatic N) is 1. The fourth-order valence-corrected chi connectivity index (χ4v) is 3.89. The number of rotatable bonds is 6. The molecular formula is C23H26N4O2. The maximum Gasteiger partial charge on any atom is 0.129 e. The van der Waals surface area contributed by atoms with Crippen LogP contribution in [0.2, 0.25) is 0 Å². The highest BCUT2D eigenvalue weighted by molar-refractivity contribution is 5.92. The predicted octanol–water partition coefficient (Wildman–Crippen LogP) is 3.64. The van der Waals surface area contributed by atoms with Crippen LogP contribution in [-0.2, 0) is 0 Å². The Labute approximate surface area is 170 Å². The fourth-order valence-electron chi connectivity index (χ4n) is 3.89. The van der Waals surface area contributed by atoms with Gasteiger partial charge in [0, 0.05) is 48.6 Å². The Bertz CT molecular complexity index is 1040. The first kappa shape index (κ1) is 19.4. The zero-order valence-corrected chi connectivity index (χ0v) is 16.6. The molecule has 4 N–H and O–H groups in total. The molecule has 1 fully saturated rings. The van der Waals surface area contributed by atoms with E-state index in [1.807, 2.05) is 37.4 Å². The Morgan fingerprint density at radius 2 is 2.14 bits per heavy atom. The van der Waals surface area contributed by atoms with E-state index < -0.39 is 6.23 Å². The van der Waals surface area contributed by atoms with E-state index in [0.29, 0.717) is 6.42 Å². The number of aliphatic hydroxyl groups is 1. The van der Waals surface area contributed by atoms with Crippen molar-refractivity contribution in [1.29, 1.82) is 5.41 Å². The van der Waals surface area contributed by atoms with Crippen molar-refractivity contribution in [3.8, 4) is 16.9 Å². The normalized spacial score (nSPS) is 19.8. The Hall–Kier alpha value is -2.96. The number of aliphatic hydroxyl groups excluding tert-OH is 1. The third-order valence-corrected chi connectivity index (χ3v) is 5.61. The third kappa shape index (κ3) is 3.95. The smallest absolute Gasteiger partial charge is 0.129 e. The van der Waals surface area contributed by atoms with Crippen LogP contribution in [0.1, 0.15) is 18.9 Å². The summed E-state index contributed by atoms with van der Waals surface area (Å²) in [5, 5.41) is 24.5. The van der Waals surface area contributed by atoms with Crippen LogP contribution < -0.4 is 15.4 Å².